The monoisotopic (exact) mass is 1410 g/mol. The smallest absolute Gasteiger partial charge is 0.364 e. The molecule has 13 N–H and O–H groups in total. The number of nitrogens with one attached hydrogen (secondary N) is 5. The predicted octanol–water partition coefficient (Wildman–Crippen LogP) is 3.72. The number of thioether (sulfide) groups is 2. The second kappa shape index (κ2) is 36.2. The van der Waals surface area contributed by atoms with Crippen LogP contribution >= 0.6 is 23.5 Å². The van der Waals surface area contributed by atoms with Gasteiger partial charge in [-0.25, -0.2) is 27.2 Å². The highest BCUT2D eigenvalue weighted by atomic mass is 32.2. The quantitative estimate of drug-likeness (QED) is 0.0156. The number of ketones is 1. The molecule has 2 aliphatic heterocycles. The van der Waals surface area contributed by atoms with Gasteiger partial charge < -0.3 is 86.4 Å². The van der Waals surface area contributed by atoms with Gasteiger partial charge in [-0.2, -0.15) is 23.5 Å². The molecule has 2 fully saturated rings. The minimum atomic E-state index is -2.55. The second-order valence-electron chi connectivity index (χ2n) is 23.1. The third-order valence-corrected chi connectivity index (χ3v) is 18.2. The number of hydrogen-bond donors (Lipinski definition) is 13. The summed E-state index contributed by atoms with van der Waals surface area (Å²) in [5, 5.41) is 99.9. The fraction of sp³-hybridized carbons (Fsp3) is 0.433. The number of carboxylic acid groups (broad SMARTS) is 2. The average Bonchev–Trinajstić information content (AvgIpc) is 0.777. The number of aliphatic hydroxyl groups is 6. The van der Waals surface area contributed by atoms with Gasteiger partial charge in [0.05, 0.1) is 60.8 Å². The van der Waals surface area contributed by atoms with E-state index < -0.39 is 163 Å². The highest BCUT2D eigenvalue weighted by molar-refractivity contribution is 7.99. The van der Waals surface area contributed by atoms with Crippen LogP contribution in [-0.4, -0.2) is 216 Å². The standard InChI is InChI=1S/C67H77F4N5O20S2/c1-36(77)75-55-49(80)32-66(64(89)90,95-59(55)57(84)51(82)34-73-62(87)42-21-15-39(16-22-42)53-44(68)8-3-9-45(53)69)93-26-6-29-97-28-5-12-48(79)38-13-19-41(20-14-38)61(86)72-25-31-98-30-7-27-94-67(65(91)92)33-50(81)56(76-37(2)78)60(96-67)58(85)52(83)35-74-63(88)43-23-17-40(18-24-43)54-46(70)10-4-11-47(54)71/h3-4,8-11,13-24,49-52,55-60,80-85H,5-7,12,25-35H2,1-2H3,(H,72,86)(H,73,87)(H,74,88)(H,75,77)(H,76,78)(H,89,90)(H,91,92)/t49-,50-,51+,52+,55+,56+,57+,58+,59+,60+,66+,67+/m0/s1. The summed E-state index contributed by atoms with van der Waals surface area (Å²) in [6.07, 6.45) is -14.9. The van der Waals surface area contributed by atoms with Crippen LogP contribution in [0, 0.1) is 23.3 Å². The van der Waals surface area contributed by atoms with E-state index in [1.54, 1.807) is 0 Å². The fourth-order valence-electron chi connectivity index (χ4n) is 10.9. The molecule has 0 aliphatic carbocycles. The van der Waals surface area contributed by atoms with Crippen LogP contribution in [0.15, 0.2) is 109 Å². The first-order valence-corrected chi connectivity index (χ1v) is 33.4. The summed E-state index contributed by atoms with van der Waals surface area (Å²) in [4.78, 5) is 102. The van der Waals surface area contributed by atoms with Gasteiger partial charge in [-0.15, -0.1) is 0 Å². The first kappa shape index (κ1) is 77.4. The number of carbonyl (C=O) groups is 8. The minimum Gasteiger partial charge on any atom is -0.477 e. The van der Waals surface area contributed by atoms with Gasteiger partial charge >= 0.3 is 11.9 Å². The van der Waals surface area contributed by atoms with E-state index in [2.05, 4.69) is 26.6 Å². The number of aliphatic carboxylic acids is 2. The zero-order chi connectivity index (χ0) is 71.4. The van der Waals surface area contributed by atoms with Crippen molar-refractivity contribution in [1.29, 1.82) is 0 Å². The molecule has 0 saturated carbocycles. The maximum Gasteiger partial charge on any atom is 0.364 e. The molecule has 2 heterocycles. The van der Waals surface area contributed by atoms with Crippen molar-refractivity contribution in [2.75, 3.05) is 55.9 Å². The number of halogens is 4. The Labute approximate surface area is 568 Å². The number of hydrogen-bond acceptors (Lipinski definition) is 20. The summed E-state index contributed by atoms with van der Waals surface area (Å²) in [5.41, 5.74) is 0.414. The third-order valence-electron chi connectivity index (χ3n) is 16.0. The van der Waals surface area contributed by atoms with E-state index >= 15 is 0 Å². The fourth-order valence-corrected chi connectivity index (χ4v) is 12.6. The molecule has 12 atom stereocenters. The van der Waals surface area contributed by atoms with Gasteiger partial charge in [-0.3, -0.25) is 28.8 Å². The van der Waals surface area contributed by atoms with Crippen LogP contribution in [0.3, 0.4) is 0 Å². The Morgan fingerprint density at radius 1 is 0.510 bits per heavy atom. The molecule has 0 radical (unpaired) electrons. The van der Waals surface area contributed by atoms with E-state index in [0.29, 0.717) is 35.0 Å². The molecule has 5 aromatic carbocycles. The number of carbonyl (C=O) groups excluding carboxylic acids is 6. The van der Waals surface area contributed by atoms with E-state index in [-0.39, 0.29) is 83.7 Å². The molecule has 7 rings (SSSR count). The van der Waals surface area contributed by atoms with Gasteiger partial charge in [0.2, 0.25) is 11.8 Å². The summed E-state index contributed by atoms with van der Waals surface area (Å²) in [5.74, 6) is -13.4. The van der Waals surface area contributed by atoms with Crippen LogP contribution in [0.1, 0.15) is 93.8 Å². The molecular formula is C67H77F4N5O20S2. The van der Waals surface area contributed by atoms with E-state index in [0.717, 1.165) is 38.1 Å². The summed E-state index contributed by atoms with van der Waals surface area (Å²) in [6, 6.07) is 20.3. The molecule has 0 spiro atoms. The maximum atomic E-state index is 14.3. The Morgan fingerprint density at radius 2 is 0.857 bits per heavy atom. The molecule has 0 unspecified atom stereocenters. The van der Waals surface area contributed by atoms with Crippen molar-refractivity contribution in [3.8, 4) is 22.3 Å². The SMILES string of the molecule is CC(=O)N[C@H]1[C@H]([C@H](O)[C@H](O)CNC(=O)c2ccc(-c3c(F)cccc3F)cc2)O[C@@](OCCCSCCCC(=O)c2ccc(C(=O)NCCSCCCO[C@]3(C(=O)O)C[C@H](O)[C@@H](NC(C)=O)[C@H]([C@H](O)[C@H](O)CNC(=O)c4ccc(-c5c(F)cccc5F)cc4)O3)cc2)(C(=O)O)C[C@@H]1O. The van der Waals surface area contributed by atoms with Crippen LogP contribution in [0.2, 0.25) is 0 Å². The number of ether oxygens (including phenoxy) is 4. The summed E-state index contributed by atoms with van der Waals surface area (Å²) >= 11 is 2.83. The third kappa shape index (κ3) is 20.6. The van der Waals surface area contributed by atoms with Crippen LogP contribution in [-0.2, 0) is 38.1 Å². The molecule has 31 heteroatoms. The van der Waals surface area contributed by atoms with E-state index in [1.807, 2.05) is 0 Å². The number of amides is 5. The van der Waals surface area contributed by atoms with Crippen molar-refractivity contribution in [2.45, 2.75) is 125 Å². The first-order valence-electron chi connectivity index (χ1n) is 31.1. The molecule has 0 aromatic heterocycles. The lowest BCUT2D eigenvalue weighted by molar-refractivity contribution is -0.310. The molecular weight excluding hydrogens is 1330 g/mol. The zero-order valence-corrected chi connectivity index (χ0v) is 54.7. The molecule has 530 valence electrons. The Hall–Kier alpha value is -7.92. The van der Waals surface area contributed by atoms with Gasteiger partial charge in [0.1, 0.15) is 47.7 Å². The molecule has 5 amide bonds. The molecule has 98 heavy (non-hydrogen) atoms. The van der Waals surface area contributed by atoms with Crippen LogP contribution in [0.4, 0.5) is 17.6 Å². The zero-order valence-electron chi connectivity index (χ0n) is 53.1. The van der Waals surface area contributed by atoms with Crippen molar-refractivity contribution in [3.05, 3.63) is 155 Å². The first-order chi connectivity index (χ1) is 46.6. The van der Waals surface area contributed by atoms with Crippen LogP contribution < -0.4 is 26.6 Å². The number of aliphatic hydroxyl groups excluding tert-OH is 6. The predicted molar refractivity (Wildman–Crippen MR) is 347 cm³/mol. The molecule has 5 aromatic rings. The van der Waals surface area contributed by atoms with E-state index in [9.17, 15) is 96.8 Å². The van der Waals surface area contributed by atoms with Crippen molar-refractivity contribution >= 4 is 70.8 Å². The lowest BCUT2D eigenvalue weighted by atomic mass is 9.88. The second-order valence-corrected chi connectivity index (χ2v) is 25.6. The van der Waals surface area contributed by atoms with Crippen molar-refractivity contribution < 1.29 is 116 Å². The summed E-state index contributed by atoms with van der Waals surface area (Å²) in [6.45, 7) is 0.728. The van der Waals surface area contributed by atoms with Crippen LogP contribution in [0.25, 0.3) is 22.3 Å². The van der Waals surface area contributed by atoms with Gasteiger partial charge in [0, 0.05) is 80.8 Å². The van der Waals surface area contributed by atoms with E-state index in [4.69, 9.17) is 18.9 Å². The molecule has 0 bridgehead atoms. The Kier molecular flexibility index (Phi) is 28.6. The Bertz CT molecular complexity index is 3320. The Morgan fingerprint density at radius 3 is 1.23 bits per heavy atom. The minimum absolute atomic E-state index is 0.0227. The molecule has 25 nitrogen and oxygen atoms in total. The van der Waals surface area contributed by atoms with Crippen molar-refractivity contribution in [1.82, 2.24) is 26.6 Å². The Balaban J connectivity index is 0.780. The van der Waals surface area contributed by atoms with Gasteiger partial charge in [0.25, 0.3) is 29.3 Å². The summed E-state index contributed by atoms with van der Waals surface area (Å²) in [7, 11) is 0. The number of carboxylic acids is 2. The topological polar surface area (TPSA) is 395 Å². The van der Waals surface area contributed by atoms with Gasteiger partial charge in [-0.1, -0.05) is 48.5 Å². The van der Waals surface area contributed by atoms with Crippen molar-refractivity contribution in [2.24, 2.45) is 0 Å². The van der Waals surface area contributed by atoms with Gasteiger partial charge in [-0.05, 0) is 108 Å². The maximum absolute atomic E-state index is 14.3. The van der Waals surface area contributed by atoms with Crippen molar-refractivity contribution in [3.63, 3.8) is 0 Å². The lowest BCUT2D eigenvalue weighted by Gasteiger charge is -2.46. The largest absolute Gasteiger partial charge is 0.477 e. The molecule has 2 saturated heterocycles. The van der Waals surface area contributed by atoms with E-state index in [1.165, 1.54) is 108 Å². The highest BCUT2D eigenvalue weighted by Gasteiger charge is 2.57. The highest BCUT2D eigenvalue weighted by Crippen LogP contribution is 2.36. The molecule has 2 aliphatic rings. The van der Waals surface area contributed by atoms with Gasteiger partial charge in [0.15, 0.2) is 5.78 Å². The average molecular weight is 1410 g/mol. The number of benzene rings is 5. The summed E-state index contributed by atoms with van der Waals surface area (Å²) < 4.78 is 80.3. The number of Topliss-reactive ketones (excluding diaryl/α,β-unsaturated/α-hetero) is 1. The normalized spacial score (nSPS) is 21.9. The van der Waals surface area contributed by atoms with Crippen LogP contribution in [0.5, 0.6) is 0 Å². The number of rotatable bonds is 35. The lowest BCUT2D eigenvalue weighted by Crippen LogP contribution is -2.68.